The van der Waals surface area contributed by atoms with E-state index in [0.717, 1.165) is 21.6 Å². The first-order valence-electron chi connectivity index (χ1n) is 16.7. The highest BCUT2D eigenvalue weighted by Crippen LogP contribution is 2.36. The van der Waals surface area contributed by atoms with Gasteiger partial charge in [-0.15, -0.1) is 0 Å². The molecule has 0 aliphatic rings. The van der Waals surface area contributed by atoms with E-state index in [0.29, 0.717) is 21.6 Å². The molecule has 0 aliphatic carbocycles. The van der Waals surface area contributed by atoms with Crippen LogP contribution in [0.1, 0.15) is 31.9 Å². The Morgan fingerprint density at radius 1 is 0.923 bits per heavy atom. The molecule has 1 amide bonds. The lowest BCUT2D eigenvalue weighted by atomic mass is 10.2. The fraction of sp³-hybridized carbons (Fsp3) is 0.231. The fourth-order valence-electron chi connectivity index (χ4n) is 6.16. The number of rotatable bonds is 13. The summed E-state index contributed by atoms with van der Waals surface area (Å²) >= 11 is 6.40. The predicted molar refractivity (Wildman–Crippen MR) is 203 cm³/mol. The second-order valence-corrected chi connectivity index (χ2v) is 17.8. The first-order chi connectivity index (χ1) is 25.1. The number of carbonyl (C=O) groups excluding carboxylic acids is 1. The molecular formula is C39H38ClN7O4Si. The zero-order valence-electron chi connectivity index (χ0n) is 29.3. The second kappa shape index (κ2) is 15.8. The van der Waals surface area contributed by atoms with E-state index >= 15 is 0 Å². The molecule has 1 unspecified atom stereocenters. The van der Waals surface area contributed by atoms with E-state index in [4.69, 9.17) is 25.5 Å². The van der Waals surface area contributed by atoms with Crippen LogP contribution in [-0.2, 0) is 14.0 Å². The van der Waals surface area contributed by atoms with E-state index in [-0.39, 0.29) is 36.6 Å². The van der Waals surface area contributed by atoms with Crippen molar-refractivity contribution in [2.24, 2.45) is 0 Å². The molecule has 0 fully saturated rings. The summed E-state index contributed by atoms with van der Waals surface area (Å²) in [4.78, 5) is 26.7. The summed E-state index contributed by atoms with van der Waals surface area (Å²) in [5.41, 5.74) is 2.42. The molecule has 3 heterocycles. The lowest BCUT2D eigenvalue weighted by Gasteiger charge is -2.43. The van der Waals surface area contributed by atoms with E-state index in [2.05, 4.69) is 70.4 Å². The number of halogens is 1. The lowest BCUT2D eigenvalue weighted by molar-refractivity contribution is -0.125. The van der Waals surface area contributed by atoms with Crippen molar-refractivity contribution in [3.05, 3.63) is 126 Å². The van der Waals surface area contributed by atoms with Crippen LogP contribution in [0.3, 0.4) is 0 Å². The molecule has 13 heteroatoms. The Hall–Kier alpha value is -5.45. The average Bonchev–Trinajstić information content (AvgIpc) is 3.59. The van der Waals surface area contributed by atoms with Crippen LogP contribution in [0.15, 0.2) is 110 Å². The van der Waals surface area contributed by atoms with E-state index in [1.807, 2.05) is 61.5 Å². The maximum Gasteiger partial charge on any atom is 0.269 e. The monoisotopic (exact) mass is 731 g/mol. The van der Waals surface area contributed by atoms with Crippen LogP contribution in [0.4, 0.5) is 5.82 Å². The molecule has 0 aliphatic heterocycles. The molecule has 264 valence electrons. The molecule has 6 aromatic rings. The van der Waals surface area contributed by atoms with Gasteiger partial charge in [0.2, 0.25) is 12.0 Å². The number of amides is 1. The molecule has 0 saturated heterocycles. The standard InChI is InChI=1S/C39H38ClN7O4Si/c1-27-32(40)16-11-17-33(27)47-36-31(24-45-47)38(44-26-43-36)51-34(37(48)46-35-19-18-28(22-41)23-42-35)25-49-20-21-50-52(39(2,3)4,29-12-7-5-8-13-29)30-14-9-6-10-15-30/h5-19,23-24,26,34H,20-21,25H2,1-4H3,(H,42,46,48). The van der Waals surface area contributed by atoms with Gasteiger partial charge >= 0.3 is 0 Å². The first-order valence-corrected chi connectivity index (χ1v) is 19.0. The molecular weight excluding hydrogens is 694 g/mol. The van der Waals surface area contributed by atoms with Crippen molar-refractivity contribution < 1.29 is 18.7 Å². The molecule has 1 N–H and O–H groups in total. The smallest absolute Gasteiger partial charge is 0.269 e. The van der Waals surface area contributed by atoms with Gasteiger partial charge < -0.3 is 19.2 Å². The minimum Gasteiger partial charge on any atom is -0.461 e. The van der Waals surface area contributed by atoms with E-state index in [1.165, 1.54) is 12.5 Å². The zero-order valence-corrected chi connectivity index (χ0v) is 31.0. The van der Waals surface area contributed by atoms with Crippen LogP contribution >= 0.6 is 11.6 Å². The van der Waals surface area contributed by atoms with Crippen LogP contribution in [-0.4, -0.2) is 64.9 Å². The van der Waals surface area contributed by atoms with Crippen LogP contribution in [0, 0.1) is 18.3 Å². The molecule has 52 heavy (non-hydrogen) atoms. The quantitative estimate of drug-likeness (QED) is 0.112. The third-order valence-corrected chi connectivity index (χ3v) is 14.2. The zero-order chi connectivity index (χ0) is 36.7. The maximum absolute atomic E-state index is 13.7. The van der Waals surface area contributed by atoms with Crippen molar-refractivity contribution in [2.45, 2.75) is 38.8 Å². The molecule has 0 bridgehead atoms. The Morgan fingerprint density at radius 2 is 1.63 bits per heavy atom. The number of nitriles is 1. The molecule has 0 saturated carbocycles. The van der Waals surface area contributed by atoms with Gasteiger partial charge in [0, 0.05) is 11.2 Å². The van der Waals surface area contributed by atoms with Crippen molar-refractivity contribution >= 4 is 53.1 Å². The largest absolute Gasteiger partial charge is 0.461 e. The highest BCUT2D eigenvalue weighted by atomic mass is 35.5. The Kier molecular flexibility index (Phi) is 11.1. The van der Waals surface area contributed by atoms with E-state index in [1.54, 1.807) is 29.1 Å². The van der Waals surface area contributed by atoms with Gasteiger partial charge in [-0.1, -0.05) is 99.1 Å². The van der Waals surface area contributed by atoms with Crippen LogP contribution in [0.25, 0.3) is 16.7 Å². The molecule has 6 rings (SSSR count). The third kappa shape index (κ3) is 7.58. The van der Waals surface area contributed by atoms with Crippen molar-refractivity contribution in [3.8, 4) is 17.6 Å². The summed E-state index contributed by atoms with van der Waals surface area (Å²) in [6, 6.07) is 31.4. The molecule has 3 aromatic heterocycles. The molecule has 1 atom stereocenters. The van der Waals surface area contributed by atoms with Gasteiger partial charge in [-0.2, -0.15) is 10.4 Å². The Bertz CT molecular complexity index is 2150. The Labute approximate surface area is 308 Å². The number of pyridine rings is 1. The number of nitrogens with one attached hydrogen (secondary N) is 1. The van der Waals surface area contributed by atoms with Gasteiger partial charge in [-0.3, -0.25) is 4.79 Å². The normalized spacial score (nSPS) is 12.3. The van der Waals surface area contributed by atoms with Gasteiger partial charge in [0.15, 0.2) is 5.65 Å². The lowest BCUT2D eigenvalue weighted by Crippen LogP contribution is -2.66. The van der Waals surface area contributed by atoms with Gasteiger partial charge in [-0.25, -0.2) is 19.6 Å². The number of hydrogen-bond acceptors (Lipinski definition) is 9. The van der Waals surface area contributed by atoms with Gasteiger partial charge in [0.25, 0.3) is 14.2 Å². The summed E-state index contributed by atoms with van der Waals surface area (Å²) in [6.45, 7) is 8.88. The van der Waals surface area contributed by atoms with Crippen LogP contribution < -0.4 is 20.4 Å². The predicted octanol–water partition coefficient (Wildman–Crippen LogP) is 6.02. The van der Waals surface area contributed by atoms with Crippen molar-refractivity contribution in [1.29, 1.82) is 5.26 Å². The first kappa shape index (κ1) is 36.3. The van der Waals surface area contributed by atoms with Crippen LogP contribution in [0.2, 0.25) is 10.1 Å². The second-order valence-electron chi connectivity index (χ2n) is 13.1. The Morgan fingerprint density at radius 3 is 2.27 bits per heavy atom. The van der Waals surface area contributed by atoms with Crippen molar-refractivity contribution in [2.75, 3.05) is 25.1 Å². The molecule has 11 nitrogen and oxygen atoms in total. The van der Waals surface area contributed by atoms with Gasteiger partial charge in [-0.05, 0) is 52.2 Å². The fourth-order valence-corrected chi connectivity index (χ4v) is 10.9. The topological polar surface area (TPSA) is 137 Å². The highest BCUT2D eigenvalue weighted by Gasteiger charge is 2.50. The highest BCUT2D eigenvalue weighted by molar-refractivity contribution is 6.99. The number of hydrogen-bond donors (Lipinski definition) is 1. The number of aromatic nitrogens is 5. The number of benzene rings is 3. The number of anilines is 1. The van der Waals surface area contributed by atoms with Crippen LogP contribution in [0.5, 0.6) is 5.88 Å². The van der Waals surface area contributed by atoms with E-state index < -0.39 is 20.3 Å². The van der Waals surface area contributed by atoms with Crippen molar-refractivity contribution in [1.82, 2.24) is 24.7 Å². The minimum atomic E-state index is -2.79. The third-order valence-electron chi connectivity index (χ3n) is 8.72. The number of carbonyl (C=O) groups is 1. The molecule has 0 radical (unpaired) electrons. The average molecular weight is 732 g/mol. The summed E-state index contributed by atoms with van der Waals surface area (Å²) in [5.74, 6) is -0.115. The molecule has 0 spiro atoms. The number of ether oxygens (including phenoxy) is 2. The maximum atomic E-state index is 13.7. The number of fused-ring (bicyclic) bond motifs is 1. The number of nitrogens with zero attached hydrogens (tertiary/aromatic N) is 6. The minimum absolute atomic E-state index is 0.126. The summed E-state index contributed by atoms with van der Waals surface area (Å²) in [7, 11) is -2.79. The van der Waals surface area contributed by atoms with Gasteiger partial charge in [0.05, 0.1) is 37.3 Å². The van der Waals surface area contributed by atoms with Gasteiger partial charge in [0.1, 0.15) is 23.6 Å². The summed E-state index contributed by atoms with van der Waals surface area (Å²) in [5, 5.41) is 19.7. The summed E-state index contributed by atoms with van der Waals surface area (Å²) < 4.78 is 21.0. The molecule has 3 aromatic carbocycles. The van der Waals surface area contributed by atoms with E-state index in [9.17, 15) is 10.1 Å². The summed E-state index contributed by atoms with van der Waals surface area (Å²) in [6.07, 6.45) is 3.16. The SMILES string of the molecule is Cc1c(Cl)cccc1-n1ncc2c(OC(COCCO[Si](c3ccccc3)(c3ccccc3)C(C)(C)C)C(=O)Nc3ccc(C#N)cn3)ncnc21. The van der Waals surface area contributed by atoms with Crippen molar-refractivity contribution in [3.63, 3.8) is 0 Å². The Balaban J connectivity index is 1.24.